The van der Waals surface area contributed by atoms with Gasteiger partial charge < -0.3 is 14.8 Å². The summed E-state index contributed by atoms with van der Waals surface area (Å²) in [6.45, 7) is 4.21. The molecule has 27 heavy (non-hydrogen) atoms. The van der Waals surface area contributed by atoms with Gasteiger partial charge in [0.05, 0.1) is 11.5 Å². The minimum absolute atomic E-state index is 0.116. The number of methoxy groups -OCH3 is 1. The summed E-state index contributed by atoms with van der Waals surface area (Å²) in [5.41, 5.74) is 2.83. The van der Waals surface area contributed by atoms with Gasteiger partial charge >= 0.3 is 0 Å². The van der Waals surface area contributed by atoms with E-state index in [9.17, 15) is 13.2 Å². The van der Waals surface area contributed by atoms with E-state index in [0.717, 1.165) is 16.8 Å². The number of aryl methyl sites for hydroxylation is 1. The van der Waals surface area contributed by atoms with Crippen LogP contribution in [0.4, 0.5) is 5.69 Å². The van der Waals surface area contributed by atoms with Gasteiger partial charge in [0.15, 0.2) is 6.61 Å². The van der Waals surface area contributed by atoms with Gasteiger partial charge in [0.25, 0.3) is 5.91 Å². The Hall–Kier alpha value is -2.42. The fourth-order valence-corrected chi connectivity index (χ4v) is 3.31. The van der Waals surface area contributed by atoms with E-state index in [1.807, 2.05) is 32.0 Å². The van der Waals surface area contributed by atoms with E-state index in [1.54, 1.807) is 0 Å². The fourth-order valence-electron chi connectivity index (χ4n) is 2.30. The van der Waals surface area contributed by atoms with E-state index < -0.39 is 10.0 Å². The van der Waals surface area contributed by atoms with Gasteiger partial charge in [-0.1, -0.05) is 12.1 Å². The SMILES string of the molecule is COCCNS(=O)(=O)c1ccc(OCC(=O)Nc2cccc(C)c2C)cc1. The quantitative estimate of drug-likeness (QED) is 0.639. The van der Waals surface area contributed by atoms with Crippen LogP contribution in [0, 0.1) is 13.8 Å². The molecule has 0 aliphatic heterocycles. The maximum Gasteiger partial charge on any atom is 0.262 e. The highest BCUT2D eigenvalue weighted by Crippen LogP contribution is 2.18. The third-order valence-corrected chi connectivity index (χ3v) is 5.46. The van der Waals surface area contributed by atoms with Crippen molar-refractivity contribution in [2.45, 2.75) is 18.7 Å². The number of hydrogen-bond donors (Lipinski definition) is 2. The molecule has 2 N–H and O–H groups in total. The van der Waals surface area contributed by atoms with Gasteiger partial charge in [0.1, 0.15) is 5.75 Å². The number of sulfonamides is 1. The summed E-state index contributed by atoms with van der Waals surface area (Å²) in [4.78, 5) is 12.2. The minimum Gasteiger partial charge on any atom is -0.484 e. The van der Waals surface area contributed by atoms with Gasteiger partial charge in [-0.15, -0.1) is 0 Å². The molecule has 0 radical (unpaired) electrons. The number of anilines is 1. The first-order chi connectivity index (χ1) is 12.8. The average Bonchev–Trinajstić information content (AvgIpc) is 2.64. The molecule has 0 aliphatic carbocycles. The number of hydrogen-bond acceptors (Lipinski definition) is 5. The minimum atomic E-state index is -3.59. The zero-order chi connectivity index (χ0) is 19.9. The Labute approximate surface area is 159 Å². The molecule has 0 aliphatic rings. The summed E-state index contributed by atoms with van der Waals surface area (Å²) < 4.78 is 36.8. The Kier molecular flexibility index (Phi) is 7.35. The highest BCUT2D eigenvalue weighted by atomic mass is 32.2. The van der Waals surface area contributed by atoms with Crippen LogP contribution in [-0.2, 0) is 19.6 Å². The van der Waals surface area contributed by atoms with Crippen molar-refractivity contribution >= 4 is 21.6 Å². The number of nitrogens with one attached hydrogen (secondary N) is 2. The third kappa shape index (κ3) is 6.06. The number of benzene rings is 2. The number of carbonyl (C=O) groups excluding carboxylic acids is 1. The zero-order valence-electron chi connectivity index (χ0n) is 15.6. The van der Waals surface area contributed by atoms with Gasteiger partial charge in [0, 0.05) is 19.3 Å². The molecule has 0 unspecified atom stereocenters. The molecular weight excluding hydrogens is 368 g/mol. The van der Waals surface area contributed by atoms with Crippen molar-refractivity contribution in [3.8, 4) is 5.75 Å². The van der Waals surface area contributed by atoms with E-state index in [-0.39, 0.29) is 30.6 Å². The Morgan fingerprint density at radius 3 is 2.44 bits per heavy atom. The Morgan fingerprint density at radius 2 is 1.78 bits per heavy atom. The molecule has 0 fully saturated rings. The van der Waals surface area contributed by atoms with Crippen LogP contribution in [0.25, 0.3) is 0 Å². The Morgan fingerprint density at radius 1 is 1.07 bits per heavy atom. The lowest BCUT2D eigenvalue weighted by Gasteiger charge is -2.11. The lowest BCUT2D eigenvalue weighted by molar-refractivity contribution is -0.118. The normalized spacial score (nSPS) is 11.2. The molecule has 8 heteroatoms. The number of rotatable bonds is 9. The van der Waals surface area contributed by atoms with E-state index >= 15 is 0 Å². The van der Waals surface area contributed by atoms with E-state index in [4.69, 9.17) is 9.47 Å². The highest BCUT2D eigenvalue weighted by Gasteiger charge is 2.13. The third-order valence-electron chi connectivity index (χ3n) is 3.98. The molecule has 2 aromatic carbocycles. The lowest BCUT2D eigenvalue weighted by Crippen LogP contribution is -2.27. The van der Waals surface area contributed by atoms with Crippen LogP contribution >= 0.6 is 0 Å². The molecular formula is C19H24N2O5S. The van der Waals surface area contributed by atoms with Crippen molar-refractivity contribution in [2.24, 2.45) is 0 Å². The van der Waals surface area contributed by atoms with Crippen molar-refractivity contribution in [1.29, 1.82) is 0 Å². The van der Waals surface area contributed by atoms with Crippen molar-refractivity contribution in [3.05, 3.63) is 53.6 Å². The molecule has 7 nitrogen and oxygen atoms in total. The van der Waals surface area contributed by atoms with Crippen molar-refractivity contribution in [1.82, 2.24) is 4.72 Å². The number of ether oxygens (including phenoxy) is 2. The second kappa shape index (κ2) is 9.50. The molecule has 0 saturated heterocycles. The predicted octanol–water partition coefficient (Wildman–Crippen LogP) is 2.25. The van der Waals surface area contributed by atoms with E-state index in [2.05, 4.69) is 10.0 Å². The summed E-state index contributed by atoms with van der Waals surface area (Å²) in [5, 5.41) is 2.80. The van der Waals surface area contributed by atoms with Crippen LogP contribution < -0.4 is 14.8 Å². The van der Waals surface area contributed by atoms with Crippen LogP contribution in [0.1, 0.15) is 11.1 Å². The van der Waals surface area contributed by atoms with Gasteiger partial charge in [-0.3, -0.25) is 4.79 Å². The van der Waals surface area contributed by atoms with Crippen LogP contribution in [0.5, 0.6) is 5.75 Å². The first-order valence-corrected chi connectivity index (χ1v) is 9.89. The van der Waals surface area contributed by atoms with E-state index in [0.29, 0.717) is 5.75 Å². The second-order valence-electron chi connectivity index (χ2n) is 5.95. The molecule has 0 spiro atoms. The van der Waals surface area contributed by atoms with Crippen LogP contribution in [0.3, 0.4) is 0 Å². The smallest absolute Gasteiger partial charge is 0.262 e. The van der Waals surface area contributed by atoms with Crippen LogP contribution in [0.2, 0.25) is 0 Å². The number of amides is 1. The maximum atomic E-state index is 12.1. The zero-order valence-corrected chi connectivity index (χ0v) is 16.4. The molecule has 2 aromatic rings. The van der Waals surface area contributed by atoms with Gasteiger partial charge in [-0.05, 0) is 55.3 Å². The van der Waals surface area contributed by atoms with Gasteiger partial charge in [-0.2, -0.15) is 0 Å². The molecule has 0 saturated carbocycles. The molecule has 146 valence electrons. The Bertz CT molecular complexity index is 879. The lowest BCUT2D eigenvalue weighted by atomic mass is 10.1. The fraction of sp³-hybridized carbons (Fsp3) is 0.316. The summed E-state index contributed by atoms with van der Waals surface area (Å²) in [5.74, 6) is 0.114. The molecule has 0 heterocycles. The summed E-state index contributed by atoms with van der Waals surface area (Å²) in [6.07, 6.45) is 0. The topological polar surface area (TPSA) is 93.7 Å². The summed E-state index contributed by atoms with van der Waals surface area (Å²) in [7, 11) is -2.10. The molecule has 0 aromatic heterocycles. The average molecular weight is 392 g/mol. The summed E-state index contributed by atoms with van der Waals surface area (Å²) >= 11 is 0. The predicted molar refractivity (Wildman–Crippen MR) is 104 cm³/mol. The monoisotopic (exact) mass is 392 g/mol. The van der Waals surface area contributed by atoms with Crippen LogP contribution in [-0.4, -0.2) is 41.2 Å². The molecule has 0 bridgehead atoms. The molecule has 2 rings (SSSR count). The molecule has 1 amide bonds. The van der Waals surface area contributed by atoms with Crippen LogP contribution in [0.15, 0.2) is 47.4 Å². The largest absolute Gasteiger partial charge is 0.484 e. The van der Waals surface area contributed by atoms with Crippen molar-refractivity contribution in [3.63, 3.8) is 0 Å². The first kappa shape index (κ1) is 20.9. The summed E-state index contributed by atoms with van der Waals surface area (Å²) in [6, 6.07) is 11.5. The van der Waals surface area contributed by atoms with Gasteiger partial charge in [0.2, 0.25) is 10.0 Å². The number of carbonyl (C=O) groups is 1. The van der Waals surface area contributed by atoms with E-state index in [1.165, 1.54) is 31.4 Å². The highest BCUT2D eigenvalue weighted by molar-refractivity contribution is 7.89. The first-order valence-electron chi connectivity index (χ1n) is 8.41. The second-order valence-corrected chi connectivity index (χ2v) is 7.71. The van der Waals surface area contributed by atoms with Crippen molar-refractivity contribution < 1.29 is 22.7 Å². The molecule has 0 atom stereocenters. The Balaban J connectivity index is 1.91. The van der Waals surface area contributed by atoms with Crippen molar-refractivity contribution in [2.75, 3.05) is 32.2 Å². The maximum absolute atomic E-state index is 12.1. The standard InChI is InChI=1S/C19H24N2O5S/c1-14-5-4-6-18(15(14)2)21-19(22)13-26-16-7-9-17(10-8-16)27(23,24)20-11-12-25-3/h4-10,20H,11-13H2,1-3H3,(H,21,22). The van der Waals surface area contributed by atoms with Gasteiger partial charge in [-0.25, -0.2) is 13.1 Å².